The van der Waals surface area contributed by atoms with Crippen LogP contribution >= 0.6 is 12.4 Å². The first kappa shape index (κ1) is 14.8. The first-order chi connectivity index (χ1) is 8.22. The van der Waals surface area contributed by atoms with E-state index >= 15 is 0 Å². The minimum atomic E-state index is 0. The maximum absolute atomic E-state index is 6.07. The van der Waals surface area contributed by atoms with Gasteiger partial charge in [-0.3, -0.25) is 4.99 Å². The molecule has 1 aromatic carbocycles. The lowest BCUT2D eigenvalue weighted by Crippen LogP contribution is -2.35. The van der Waals surface area contributed by atoms with E-state index in [1.54, 1.807) is 0 Å². The smallest absolute Gasteiger partial charge is 0.155 e. The summed E-state index contributed by atoms with van der Waals surface area (Å²) in [6.07, 6.45) is 0.983. The summed E-state index contributed by atoms with van der Waals surface area (Å²) >= 11 is 0. The summed E-state index contributed by atoms with van der Waals surface area (Å²) < 4.78 is 6.07. The van der Waals surface area contributed by atoms with E-state index in [0.717, 1.165) is 31.1 Å². The summed E-state index contributed by atoms with van der Waals surface area (Å²) in [6.45, 7) is 8.12. The SMILES string of the molecule is CCC(Oc1cccc(C)c1C)C1=NCCN1.Cl. The molecule has 3 nitrogen and oxygen atoms in total. The van der Waals surface area contributed by atoms with Crippen molar-refractivity contribution >= 4 is 18.2 Å². The van der Waals surface area contributed by atoms with Crippen LogP contribution in [-0.2, 0) is 0 Å². The number of rotatable bonds is 4. The number of amidine groups is 1. The molecule has 0 saturated carbocycles. The van der Waals surface area contributed by atoms with Crippen LogP contribution in [0.4, 0.5) is 0 Å². The molecule has 4 heteroatoms. The molecule has 1 aliphatic rings. The van der Waals surface area contributed by atoms with E-state index in [4.69, 9.17) is 4.74 Å². The molecule has 0 amide bonds. The molecule has 100 valence electrons. The normalized spacial score (nSPS) is 15.4. The van der Waals surface area contributed by atoms with Crippen LogP contribution in [0.2, 0.25) is 0 Å². The Balaban J connectivity index is 0.00000162. The van der Waals surface area contributed by atoms with Crippen molar-refractivity contribution in [3.05, 3.63) is 29.3 Å². The number of hydrogen-bond donors (Lipinski definition) is 1. The summed E-state index contributed by atoms with van der Waals surface area (Å²) in [5, 5.41) is 3.29. The average molecular weight is 269 g/mol. The number of benzene rings is 1. The van der Waals surface area contributed by atoms with Crippen LogP contribution in [0.5, 0.6) is 5.75 Å². The molecule has 0 spiro atoms. The minimum absolute atomic E-state index is 0. The van der Waals surface area contributed by atoms with Gasteiger partial charge >= 0.3 is 0 Å². The molecule has 1 atom stereocenters. The van der Waals surface area contributed by atoms with Crippen LogP contribution in [0.1, 0.15) is 24.5 Å². The Morgan fingerprint density at radius 1 is 1.39 bits per heavy atom. The van der Waals surface area contributed by atoms with E-state index in [1.165, 1.54) is 11.1 Å². The third kappa shape index (κ3) is 3.16. The third-order valence-electron chi connectivity index (χ3n) is 3.20. The fourth-order valence-electron chi connectivity index (χ4n) is 1.97. The summed E-state index contributed by atoms with van der Waals surface area (Å²) in [5.74, 6) is 1.96. The summed E-state index contributed by atoms with van der Waals surface area (Å²) in [7, 11) is 0. The molecule has 0 saturated heterocycles. The summed E-state index contributed by atoms with van der Waals surface area (Å²) in [5.41, 5.74) is 2.48. The summed E-state index contributed by atoms with van der Waals surface area (Å²) in [6, 6.07) is 6.17. The Labute approximate surface area is 115 Å². The first-order valence-corrected chi connectivity index (χ1v) is 6.23. The van der Waals surface area contributed by atoms with Crippen molar-refractivity contribution in [2.75, 3.05) is 13.1 Å². The Hall–Kier alpha value is -1.22. The average Bonchev–Trinajstić information content (AvgIpc) is 2.85. The monoisotopic (exact) mass is 268 g/mol. The topological polar surface area (TPSA) is 33.6 Å². The van der Waals surface area contributed by atoms with E-state index in [9.17, 15) is 0 Å². The van der Waals surface area contributed by atoms with Crippen molar-refractivity contribution in [2.24, 2.45) is 4.99 Å². The molecular formula is C14H21ClN2O. The third-order valence-corrected chi connectivity index (χ3v) is 3.20. The van der Waals surface area contributed by atoms with E-state index < -0.39 is 0 Å². The largest absolute Gasteiger partial charge is 0.482 e. The number of hydrogen-bond acceptors (Lipinski definition) is 3. The Bertz CT molecular complexity index is 432. The van der Waals surface area contributed by atoms with Gasteiger partial charge < -0.3 is 10.1 Å². The van der Waals surface area contributed by atoms with Gasteiger partial charge in [-0.2, -0.15) is 0 Å². The van der Waals surface area contributed by atoms with Gasteiger partial charge in [0, 0.05) is 6.54 Å². The molecule has 1 heterocycles. The Morgan fingerprint density at radius 3 is 2.78 bits per heavy atom. The molecule has 0 aromatic heterocycles. The Morgan fingerprint density at radius 2 is 2.17 bits per heavy atom. The number of halogens is 1. The van der Waals surface area contributed by atoms with Crippen molar-refractivity contribution < 1.29 is 4.74 Å². The van der Waals surface area contributed by atoms with Crippen LogP contribution in [0.3, 0.4) is 0 Å². The second kappa shape index (κ2) is 6.64. The number of aliphatic imine (C=N–C) groups is 1. The number of aryl methyl sites for hydroxylation is 1. The molecule has 2 rings (SSSR count). The van der Waals surface area contributed by atoms with Crippen LogP contribution in [-0.4, -0.2) is 25.0 Å². The molecule has 0 radical (unpaired) electrons. The number of nitrogens with zero attached hydrogens (tertiary/aromatic N) is 1. The standard InChI is InChI=1S/C14H20N2O.ClH/c1-4-12(14-15-8-9-16-14)17-13-7-5-6-10(2)11(13)3;/h5-7,12H,4,8-9H2,1-3H3,(H,15,16);1H. The highest BCUT2D eigenvalue weighted by atomic mass is 35.5. The minimum Gasteiger partial charge on any atom is -0.482 e. The van der Waals surface area contributed by atoms with Crippen LogP contribution in [0, 0.1) is 13.8 Å². The van der Waals surface area contributed by atoms with Gasteiger partial charge in [0.15, 0.2) is 6.10 Å². The number of ether oxygens (including phenoxy) is 1. The Kier molecular flexibility index (Phi) is 5.48. The molecule has 1 unspecified atom stereocenters. The quantitative estimate of drug-likeness (QED) is 0.911. The van der Waals surface area contributed by atoms with Gasteiger partial charge in [-0.25, -0.2) is 0 Å². The van der Waals surface area contributed by atoms with Gasteiger partial charge in [0.25, 0.3) is 0 Å². The van der Waals surface area contributed by atoms with Crippen LogP contribution in [0.15, 0.2) is 23.2 Å². The molecular weight excluding hydrogens is 248 g/mol. The molecule has 1 aromatic rings. The van der Waals surface area contributed by atoms with Crippen LogP contribution in [0.25, 0.3) is 0 Å². The lowest BCUT2D eigenvalue weighted by Gasteiger charge is -2.20. The number of nitrogens with one attached hydrogen (secondary N) is 1. The molecule has 0 aliphatic carbocycles. The predicted molar refractivity (Wildman–Crippen MR) is 78.2 cm³/mol. The van der Waals surface area contributed by atoms with Gasteiger partial charge in [-0.15, -0.1) is 12.4 Å². The van der Waals surface area contributed by atoms with Crippen molar-refractivity contribution in [2.45, 2.75) is 33.3 Å². The van der Waals surface area contributed by atoms with E-state index in [2.05, 4.69) is 37.1 Å². The highest BCUT2D eigenvalue weighted by molar-refractivity contribution is 5.88. The first-order valence-electron chi connectivity index (χ1n) is 6.23. The molecule has 18 heavy (non-hydrogen) atoms. The van der Waals surface area contributed by atoms with E-state index in [0.29, 0.717) is 0 Å². The van der Waals surface area contributed by atoms with Gasteiger partial charge in [0.2, 0.25) is 0 Å². The summed E-state index contributed by atoms with van der Waals surface area (Å²) in [4.78, 5) is 4.44. The predicted octanol–water partition coefficient (Wildman–Crippen LogP) is 2.88. The second-order valence-corrected chi connectivity index (χ2v) is 4.41. The van der Waals surface area contributed by atoms with E-state index in [1.807, 2.05) is 12.1 Å². The van der Waals surface area contributed by atoms with Crippen molar-refractivity contribution in [1.82, 2.24) is 5.32 Å². The van der Waals surface area contributed by atoms with Crippen molar-refractivity contribution in [1.29, 1.82) is 0 Å². The molecule has 0 bridgehead atoms. The lowest BCUT2D eigenvalue weighted by atomic mass is 10.1. The maximum atomic E-state index is 6.07. The van der Waals surface area contributed by atoms with Gasteiger partial charge in [0.1, 0.15) is 11.6 Å². The zero-order valence-electron chi connectivity index (χ0n) is 11.2. The van der Waals surface area contributed by atoms with Crippen LogP contribution < -0.4 is 10.1 Å². The zero-order valence-corrected chi connectivity index (χ0v) is 12.0. The maximum Gasteiger partial charge on any atom is 0.155 e. The van der Waals surface area contributed by atoms with Crippen molar-refractivity contribution in [3.8, 4) is 5.75 Å². The van der Waals surface area contributed by atoms with Gasteiger partial charge in [0.05, 0.1) is 6.54 Å². The van der Waals surface area contributed by atoms with Gasteiger partial charge in [-0.1, -0.05) is 19.1 Å². The van der Waals surface area contributed by atoms with Gasteiger partial charge in [-0.05, 0) is 37.5 Å². The second-order valence-electron chi connectivity index (χ2n) is 4.41. The molecule has 0 fully saturated rings. The van der Waals surface area contributed by atoms with Crippen molar-refractivity contribution in [3.63, 3.8) is 0 Å². The molecule has 1 N–H and O–H groups in total. The fraction of sp³-hybridized carbons (Fsp3) is 0.500. The lowest BCUT2D eigenvalue weighted by molar-refractivity contribution is 0.257. The molecule has 1 aliphatic heterocycles. The highest BCUT2D eigenvalue weighted by Gasteiger charge is 2.19. The highest BCUT2D eigenvalue weighted by Crippen LogP contribution is 2.22. The fourth-order valence-corrected chi connectivity index (χ4v) is 1.97. The van der Waals surface area contributed by atoms with E-state index in [-0.39, 0.29) is 18.5 Å². The zero-order chi connectivity index (χ0) is 12.3.